The number of fused-ring (bicyclic) bond motifs is 1. The summed E-state index contributed by atoms with van der Waals surface area (Å²) in [4.78, 5) is 26.5. The topological polar surface area (TPSA) is 97.1 Å². The van der Waals surface area contributed by atoms with Crippen molar-refractivity contribution in [2.45, 2.75) is 12.5 Å². The van der Waals surface area contributed by atoms with Crippen molar-refractivity contribution in [3.8, 4) is 0 Å². The second kappa shape index (κ2) is 6.87. The number of benzene rings is 2. The fourth-order valence-electron chi connectivity index (χ4n) is 2.56. The van der Waals surface area contributed by atoms with Gasteiger partial charge in [-0.25, -0.2) is 4.79 Å². The number of hydrogen-bond donors (Lipinski definition) is 3. The van der Waals surface area contributed by atoms with Crippen LogP contribution in [0.5, 0.6) is 0 Å². The van der Waals surface area contributed by atoms with E-state index in [0.29, 0.717) is 5.69 Å². The van der Waals surface area contributed by atoms with Crippen molar-refractivity contribution < 1.29 is 14.7 Å². The van der Waals surface area contributed by atoms with Crippen molar-refractivity contribution >= 4 is 28.6 Å². The maximum absolute atomic E-state index is 12.0. The molecule has 1 aromatic heterocycles. The molecule has 0 fully saturated rings. The normalized spacial score (nSPS) is 11.8. The predicted molar refractivity (Wildman–Crippen MR) is 89.4 cm³/mol. The molecule has 0 saturated carbocycles. The number of urea groups is 1. The Kier molecular flexibility index (Phi) is 4.47. The molecule has 6 heteroatoms. The first-order valence-electron chi connectivity index (χ1n) is 7.52. The van der Waals surface area contributed by atoms with Crippen LogP contribution in [0, 0.1) is 0 Å². The van der Waals surface area contributed by atoms with Crippen LogP contribution in [-0.2, 0) is 11.2 Å². The maximum Gasteiger partial charge on any atom is 0.319 e. The monoisotopic (exact) mass is 322 g/mol. The number of aromatic amines is 1. The van der Waals surface area contributed by atoms with Crippen LogP contribution in [0.25, 0.3) is 10.9 Å². The molecule has 6 nitrogen and oxygen atoms in total. The first kappa shape index (κ1) is 15.6. The molecule has 24 heavy (non-hydrogen) atoms. The van der Waals surface area contributed by atoms with Crippen LogP contribution in [0.4, 0.5) is 10.5 Å². The Morgan fingerprint density at radius 2 is 1.75 bits per heavy atom. The predicted octanol–water partition coefficient (Wildman–Crippen LogP) is 1.65. The van der Waals surface area contributed by atoms with Crippen molar-refractivity contribution in [2.24, 2.45) is 0 Å². The van der Waals surface area contributed by atoms with Crippen LogP contribution in [0.2, 0.25) is 0 Å². The molecule has 2 amide bonds. The van der Waals surface area contributed by atoms with E-state index >= 15 is 0 Å². The Morgan fingerprint density at radius 3 is 2.50 bits per heavy atom. The number of carbonyl (C=O) groups excluding carboxylic acids is 2. The van der Waals surface area contributed by atoms with Gasteiger partial charge in [-0.3, -0.25) is 0 Å². The number of aromatic nitrogens is 1. The number of amides is 2. The summed E-state index contributed by atoms with van der Waals surface area (Å²) >= 11 is 0. The highest BCUT2D eigenvalue weighted by Crippen LogP contribution is 2.19. The summed E-state index contributed by atoms with van der Waals surface area (Å²) < 4.78 is 0. The highest BCUT2D eigenvalue weighted by Gasteiger charge is 2.16. The van der Waals surface area contributed by atoms with Gasteiger partial charge in [-0.2, -0.15) is 0 Å². The summed E-state index contributed by atoms with van der Waals surface area (Å²) in [6, 6.07) is 14.7. The molecule has 3 N–H and O–H groups in total. The van der Waals surface area contributed by atoms with E-state index in [1.165, 1.54) is 0 Å². The SMILES string of the molecule is O=C(Nc1ccccc1)N[C@@H](Cc1c[nH]c2ccccc12)C(=O)[O-]. The van der Waals surface area contributed by atoms with E-state index in [2.05, 4.69) is 15.6 Å². The molecular formula is C18H16N3O3-. The third-order valence-corrected chi connectivity index (χ3v) is 3.72. The van der Waals surface area contributed by atoms with Gasteiger partial charge < -0.3 is 25.5 Å². The van der Waals surface area contributed by atoms with E-state index in [1.807, 2.05) is 30.3 Å². The van der Waals surface area contributed by atoms with Gasteiger partial charge in [0, 0.05) is 29.2 Å². The number of rotatable bonds is 5. The van der Waals surface area contributed by atoms with Crippen molar-refractivity contribution in [3.63, 3.8) is 0 Å². The van der Waals surface area contributed by atoms with E-state index in [0.717, 1.165) is 16.5 Å². The summed E-state index contributed by atoms with van der Waals surface area (Å²) in [7, 11) is 0. The molecule has 2 aromatic carbocycles. The summed E-state index contributed by atoms with van der Waals surface area (Å²) in [6.07, 6.45) is 1.88. The molecule has 0 aliphatic heterocycles. The summed E-state index contributed by atoms with van der Waals surface area (Å²) in [5.74, 6) is -1.33. The molecule has 122 valence electrons. The van der Waals surface area contributed by atoms with E-state index in [9.17, 15) is 14.7 Å². The van der Waals surface area contributed by atoms with Crippen molar-refractivity contribution in [2.75, 3.05) is 5.32 Å². The van der Waals surface area contributed by atoms with E-state index in [1.54, 1.807) is 30.5 Å². The Bertz CT molecular complexity index is 858. The fourth-order valence-corrected chi connectivity index (χ4v) is 2.56. The second-order valence-electron chi connectivity index (χ2n) is 5.40. The summed E-state index contributed by atoms with van der Waals surface area (Å²) in [5, 5.41) is 17.3. The van der Waals surface area contributed by atoms with Crippen LogP contribution >= 0.6 is 0 Å². The Morgan fingerprint density at radius 1 is 1.04 bits per heavy atom. The van der Waals surface area contributed by atoms with Crippen LogP contribution in [0.15, 0.2) is 60.8 Å². The number of para-hydroxylation sites is 2. The van der Waals surface area contributed by atoms with Gasteiger partial charge in [0.05, 0.1) is 12.0 Å². The van der Waals surface area contributed by atoms with Crippen LogP contribution in [-0.4, -0.2) is 23.0 Å². The lowest BCUT2D eigenvalue weighted by atomic mass is 10.1. The molecule has 0 bridgehead atoms. The minimum atomic E-state index is -1.33. The lowest BCUT2D eigenvalue weighted by Crippen LogP contribution is -2.50. The average Bonchev–Trinajstić information content (AvgIpc) is 2.98. The van der Waals surface area contributed by atoms with Gasteiger partial charge >= 0.3 is 6.03 Å². The minimum Gasteiger partial charge on any atom is -0.548 e. The lowest BCUT2D eigenvalue weighted by Gasteiger charge is -2.20. The number of nitrogens with one attached hydrogen (secondary N) is 3. The number of aliphatic carboxylic acids is 1. The minimum absolute atomic E-state index is 0.133. The maximum atomic E-state index is 12.0. The summed E-state index contributed by atoms with van der Waals surface area (Å²) in [6.45, 7) is 0. The molecule has 0 saturated heterocycles. The summed E-state index contributed by atoms with van der Waals surface area (Å²) in [5.41, 5.74) is 2.30. The van der Waals surface area contributed by atoms with Crippen LogP contribution in [0.3, 0.4) is 0 Å². The molecule has 0 spiro atoms. The quantitative estimate of drug-likeness (QED) is 0.666. The third kappa shape index (κ3) is 3.55. The number of carbonyl (C=O) groups is 2. The molecule has 1 atom stereocenters. The average molecular weight is 322 g/mol. The zero-order chi connectivity index (χ0) is 16.9. The van der Waals surface area contributed by atoms with Crippen molar-refractivity contribution in [1.29, 1.82) is 0 Å². The number of hydrogen-bond acceptors (Lipinski definition) is 3. The smallest absolute Gasteiger partial charge is 0.319 e. The molecule has 0 unspecified atom stereocenters. The van der Waals surface area contributed by atoms with Gasteiger partial charge in [-0.05, 0) is 23.8 Å². The highest BCUT2D eigenvalue weighted by molar-refractivity contribution is 5.92. The van der Waals surface area contributed by atoms with E-state index in [4.69, 9.17) is 0 Å². The zero-order valence-electron chi connectivity index (χ0n) is 12.8. The fraction of sp³-hybridized carbons (Fsp3) is 0.111. The Labute approximate surface area is 138 Å². The van der Waals surface area contributed by atoms with Crippen LogP contribution < -0.4 is 15.7 Å². The number of anilines is 1. The first-order chi connectivity index (χ1) is 11.6. The highest BCUT2D eigenvalue weighted by atomic mass is 16.4. The number of carboxylic acid groups (broad SMARTS) is 1. The van der Waals surface area contributed by atoms with E-state index in [-0.39, 0.29) is 6.42 Å². The molecular weight excluding hydrogens is 306 g/mol. The molecule has 1 heterocycles. The second-order valence-corrected chi connectivity index (χ2v) is 5.40. The Hall–Kier alpha value is -3.28. The third-order valence-electron chi connectivity index (χ3n) is 3.72. The van der Waals surface area contributed by atoms with Gasteiger partial charge in [0.15, 0.2) is 0 Å². The standard InChI is InChI=1S/C18H17N3O3/c22-17(23)16(21-18(24)20-13-6-2-1-3-7-13)10-12-11-19-15-9-5-4-8-14(12)15/h1-9,11,16,19H,10H2,(H,22,23)(H2,20,21,24)/p-1/t16-/m0/s1. The molecule has 3 aromatic rings. The van der Waals surface area contributed by atoms with E-state index < -0.39 is 18.0 Å². The lowest BCUT2D eigenvalue weighted by molar-refractivity contribution is -0.308. The van der Waals surface area contributed by atoms with Crippen LogP contribution in [0.1, 0.15) is 5.56 Å². The molecule has 0 aliphatic carbocycles. The Balaban J connectivity index is 1.71. The van der Waals surface area contributed by atoms with Gasteiger partial charge in [-0.1, -0.05) is 36.4 Å². The first-order valence-corrected chi connectivity index (χ1v) is 7.52. The zero-order valence-corrected chi connectivity index (χ0v) is 12.8. The van der Waals surface area contributed by atoms with Gasteiger partial charge in [0.2, 0.25) is 0 Å². The largest absolute Gasteiger partial charge is 0.548 e. The van der Waals surface area contributed by atoms with Gasteiger partial charge in [0.25, 0.3) is 0 Å². The number of H-pyrrole nitrogens is 1. The molecule has 0 aliphatic rings. The van der Waals surface area contributed by atoms with Crippen molar-refractivity contribution in [1.82, 2.24) is 10.3 Å². The molecule has 3 rings (SSSR count). The molecule has 0 radical (unpaired) electrons. The number of carboxylic acids is 1. The van der Waals surface area contributed by atoms with Crippen molar-refractivity contribution in [3.05, 3.63) is 66.4 Å². The van der Waals surface area contributed by atoms with Gasteiger partial charge in [0.1, 0.15) is 0 Å². The van der Waals surface area contributed by atoms with Gasteiger partial charge in [-0.15, -0.1) is 0 Å².